The molecule has 0 radical (unpaired) electrons. The molecule has 1 aromatic rings. The van der Waals surface area contributed by atoms with Crippen LogP contribution in [0.3, 0.4) is 0 Å². The summed E-state index contributed by atoms with van der Waals surface area (Å²) in [6.07, 6.45) is 0. The molecule has 4 nitrogen and oxygen atoms in total. The van der Waals surface area contributed by atoms with Crippen LogP contribution < -0.4 is 15.2 Å². The Morgan fingerprint density at radius 3 is 2.59 bits per heavy atom. The summed E-state index contributed by atoms with van der Waals surface area (Å²) in [6, 6.07) is 2.84. The van der Waals surface area contributed by atoms with Crippen LogP contribution in [0.4, 0.5) is 8.78 Å². The molecule has 1 aliphatic rings. The van der Waals surface area contributed by atoms with E-state index in [-0.39, 0.29) is 5.56 Å². The van der Waals surface area contributed by atoms with Gasteiger partial charge in [0, 0.05) is 0 Å². The third-order valence-corrected chi connectivity index (χ3v) is 2.59. The smallest absolute Gasteiger partial charge is 0.289 e. The van der Waals surface area contributed by atoms with Gasteiger partial charge in [0.25, 0.3) is 5.92 Å². The van der Waals surface area contributed by atoms with Crippen LogP contribution in [0, 0.1) is 0 Å². The molecule has 1 aliphatic heterocycles. The molecule has 0 saturated heterocycles. The standard InChI is InChI=1S/C11H13F2NO3/c12-11(13,6-15)10(14)7-1-2-8-9(5-7)17-4-3-16-8/h1-2,5,10,15H,3-4,6,14H2/t10-/m1/s1. The summed E-state index contributed by atoms with van der Waals surface area (Å²) in [5, 5.41) is 8.58. The van der Waals surface area contributed by atoms with Crippen molar-refractivity contribution in [2.75, 3.05) is 19.8 Å². The Morgan fingerprint density at radius 1 is 1.29 bits per heavy atom. The summed E-state index contributed by atoms with van der Waals surface area (Å²) < 4.78 is 37.0. The van der Waals surface area contributed by atoms with E-state index >= 15 is 0 Å². The summed E-state index contributed by atoms with van der Waals surface area (Å²) >= 11 is 0. The molecule has 0 aliphatic carbocycles. The van der Waals surface area contributed by atoms with Crippen LogP contribution in [0.2, 0.25) is 0 Å². The van der Waals surface area contributed by atoms with Crippen molar-refractivity contribution in [3.8, 4) is 11.5 Å². The first kappa shape index (κ1) is 12.1. The van der Waals surface area contributed by atoms with Crippen LogP contribution in [0.5, 0.6) is 11.5 Å². The average molecular weight is 245 g/mol. The number of ether oxygens (including phenoxy) is 2. The molecule has 1 aromatic carbocycles. The van der Waals surface area contributed by atoms with Gasteiger partial charge in [0.2, 0.25) is 0 Å². The van der Waals surface area contributed by atoms with E-state index in [1.807, 2.05) is 0 Å². The van der Waals surface area contributed by atoms with Gasteiger partial charge in [-0.15, -0.1) is 0 Å². The molecule has 3 N–H and O–H groups in total. The molecule has 94 valence electrons. The quantitative estimate of drug-likeness (QED) is 0.836. The van der Waals surface area contributed by atoms with Gasteiger partial charge in [-0.2, -0.15) is 0 Å². The van der Waals surface area contributed by atoms with Crippen molar-refractivity contribution in [3.63, 3.8) is 0 Å². The van der Waals surface area contributed by atoms with E-state index in [2.05, 4.69) is 0 Å². The first-order chi connectivity index (χ1) is 8.04. The average Bonchev–Trinajstić information content (AvgIpc) is 2.37. The first-order valence-corrected chi connectivity index (χ1v) is 5.18. The lowest BCUT2D eigenvalue weighted by Gasteiger charge is -2.24. The Kier molecular flexibility index (Phi) is 3.17. The lowest BCUT2D eigenvalue weighted by atomic mass is 10.0. The van der Waals surface area contributed by atoms with Crippen molar-refractivity contribution in [1.82, 2.24) is 0 Å². The third-order valence-electron chi connectivity index (χ3n) is 2.59. The summed E-state index contributed by atoms with van der Waals surface area (Å²) in [6.45, 7) is -0.476. The Balaban J connectivity index is 2.28. The monoisotopic (exact) mass is 245 g/mol. The number of fused-ring (bicyclic) bond motifs is 1. The maximum atomic E-state index is 13.2. The molecule has 1 atom stereocenters. The van der Waals surface area contributed by atoms with Crippen LogP contribution in [-0.2, 0) is 0 Å². The molecule has 0 aromatic heterocycles. The molecule has 0 fully saturated rings. The SMILES string of the molecule is N[C@H](c1ccc2c(c1)OCCO2)C(F)(F)CO. The highest BCUT2D eigenvalue weighted by Crippen LogP contribution is 2.36. The van der Waals surface area contributed by atoms with Crippen LogP contribution in [-0.4, -0.2) is 30.8 Å². The van der Waals surface area contributed by atoms with Crippen LogP contribution in [0.25, 0.3) is 0 Å². The number of rotatable bonds is 3. The lowest BCUT2D eigenvalue weighted by molar-refractivity contribution is -0.0712. The van der Waals surface area contributed by atoms with Gasteiger partial charge in [0.1, 0.15) is 19.8 Å². The molecular formula is C11H13F2NO3. The van der Waals surface area contributed by atoms with E-state index in [9.17, 15) is 8.78 Å². The molecule has 0 unspecified atom stereocenters. The predicted molar refractivity (Wildman–Crippen MR) is 56.4 cm³/mol. The van der Waals surface area contributed by atoms with Crippen molar-refractivity contribution >= 4 is 0 Å². The Bertz CT molecular complexity index is 412. The third kappa shape index (κ3) is 2.32. The molecular weight excluding hydrogens is 232 g/mol. The molecule has 0 saturated carbocycles. The second-order valence-electron chi connectivity index (χ2n) is 3.80. The minimum Gasteiger partial charge on any atom is -0.486 e. The largest absolute Gasteiger partial charge is 0.486 e. The zero-order valence-corrected chi connectivity index (χ0v) is 9.03. The Labute approximate surface area is 96.9 Å². The highest BCUT2D eigenvalue weighted by atomic mass is 19.3. The maximum Gasteiger partial charge on any atom is 0.289 e. The molecule has 6 heteroatoms. The number of aliphatic hydroxyl groups excluding tert-OH is 1. The normalized spacial score (nSPS) is 16.7. The highest BCUT2D eigenvalue weighted by Gasteiger charge is 2.37. The zero-order chi connectivity index (χ0) is 12.5. The summed E-state index contributed by atoms with van der Waals surface area (Å²) in [4.78, 5) is 0. The number of nitrogens with two attached hydrogens (primary N) is 1. The van der Waals surface area contributed by atoms with Gasteiger partial charge in [-0.05, 0) is 17.7 Å². The van der Waals surface area contributed by atoms with Crippen molar-refractivity contribution in [2.45, 2.75) is 12.0 Å². The van der Waals surface area contributed by atoms with Crippen molar-refractivity contribution < 1.29 is 23.4 Å². The summed E-state index contributed by atoms with van der Waals surface area (Å²) in [5.74, 6) is -2.44. The number of benzene rings is 1. The van der Waals surface area contributed by atoms with E-state index in [0.29, 0.717) is 24.7 Å². The number of hydrogen-bond donors (Lipinski definition) is 2. The molecule has 1 heterocycles. The van der Waals surface area contributed by atoms with Crippen molar-refractivity contribution in [1.29, 1.82) is 0 Å². The fourth-order valence-electron chi connectivity index (χ4n) is 1.60. The van der Waals surface area contributed by atoms with E-state index in [4.69, 9.17) is 20.3 Å². The number of aliphatic hydroxyl groups is 1. The minimum atomic E-state index is -3.36. The van der Waals surface area contributed by atoms with E-state index in [0.717, 1.165) is 0 Å². The van der Waals surface area contributed by atoms with Gasteiger partial charge in [-0.1, -0.05) is 6.07 Å². The van der Waals surface area contributed by atoms with Gasteiger partial charge in [-0.3, -0.25) is 0 Å². The maximum absolute atomic E-state index is 13.2. The van der Waals surface area contributed by atoms with Crippen LogP contribution in [0.15, 0.2) is 18.2 Å². The summed E-state index contributed by atoms with van der Waals surface area (Å²) in [5.41, 5.74) is 5.61. The van der Waals surface area contributed by atoms with E-state index in [1.54, 1.807) is 0 Å². The number of alkyl halides is 2. The molecule has 2 rings (SSSR count). The molecule has 0 bridgehead atoms. The van der Waals surface area contributed by atoms with Crippen LogP contribution in [0.1, 0.15) is 11.6 Å². The highest BCUT2D eigenvalue weighted by molar-refractivity contribution is 5.45. The van der Waals surface area contributed by atoms with E-state index in [1.165, 1.54) is 18.2 Å². The lowest BCUT2D eigenvalue weighted by Crippen LogP contribution is -2.36. The Hall–Kier alpha value is -1.40. The van der Waals surface area contributed by atoms with E-state index < -0.39 is 18.6 Å². The molecule has 0 amide bonds. The molecule has 17 heavy (non-hydrogen) atoms. The topological polar surface area (TPSA) is 64.7 Å². The fraction of sp³-hybridized carbons (Fsp3) is 0.455. The second-order valence-corrected chi connectivity index (χ2v) is 3.80. The van der Waals surface area contributed by atoms with Crippen LogP contribution >= 0.6 is 0 Å². The second kappa shape index (κ2) is 4.46. The fourth-order valence-corrected chi connectivity index (χ4v) is 1.60. The van der Waals surface area contributed by atoms with Gasteiger partial charge in [0.15, 0.2) is 11.5 Å². The first-order valence-electron chi connectivity index (χ1n) is 5.18. The van der Waals surface area contributed by atoms with Gasteiger partial charge >= 0.3 is 0 Å². The summed E-state index contributed by atoms with van der Waals surface area (Å²) in [7, 11) is 0. The van der Waals surface area contributed by atoms with Gasteiger partial charge in [0.05, 0.1) is 6.04 Å². The number of halogens is 2. The van der Waals surface area contributed by atoms with Gasteiger partial charge in [-0.25, -0.2) is 8.78 Å². The minimum absolute atomic E-state index is 0.202. The Morgan fingerprint density at radius 2 is 1.94 bits per heavy atom. The number of hydrogen-bond acceptors (Lipinski definition) is 4. The van der Waals surface area contributed by atoms with Gasteiger partial charge < -0.3 is 20.3 Å². The zero-order valence-electron chi connectivity index (χ0n) is 9.03. The molecule has 0 spiro atoms. The van der Waals surface area contributed by atoms with Crippen molar-refractivity contribution in [2.24, 2.45) is 5.73 Å². The van der Waals surface area contributed by atoms with Crippen molar-refractivity contribution in [3.05, 3.63) is 23.8 Å². The predicted octanol–water partition coefficient (Wildman–Crippen LogP) is 1.09.